The molecule has 0 fully saturated rings. The first kappa shape index (κ1) is 15.1. The minimum absolute atomic E-state index is 0.0700. The van der Waals surface area contributed by atoms with Gasteiger partial charge in [-0.3, -0.25) is 4.79 Å². The fourth-order valence-electron chi connectivity index (χ4n) is 1.94. The Hall–Kier alpha value is -2.26. The Morgan fingerprint density at radius 1 is 1.24 bits per heavy atom. The van der Waals surface area contributed by atoms with Crippen LogP contribution in [0.5, 0.6) is 0 Å². The van der Waals surface area contributed by atoms with Gasteiger partial charge in [0.1, 0.15) is 11.6 Å². The molecule has 3 nitrogen and oxygen atoms in total. The fourth-order valence-corrected chi connectivity index (χ4v) is 2.17. The molecular weight excluding hydrogens is 305 g/mol. The van der Waals surface area contributed by atoms with Crippen molar-refractivity contribution in [2.24, 2.45) is 0 Å². The molecule has 0 bridgehead atoms. The molecule has 2 rings (SSSR count). The van der Waals surface area contributed by atoms with E-state index in [9.17, 15) is 18.0 Å². The van der Waals surface area contributed by atoms with Gasteiger partial charge in [-0.2, -0.15) is 18.4 Å². The summed E-state index contributed by atoms with van der Waals surface area (Å²) in [6, 6.07) is 6.07. The number of nitrogens with zero attached hydrogens (tertiary/aromatic N) is 1. The number of nitriles is 1. The number of nitrogens with one attached hydrogen (secondary N) is 1. The number of benzene rings is 1. The van der Waals surface area contributed by atoms with E-state index >= 15 is 0 Å². The molecule has 2 aromatic rings. The van der Waals surface area contributed by atoms with Crippen LogP contribution in [0.3, 0.4) is 0 Å². The Balaban J connectivity index is 2.77. The number of aromatic nitrogens is 1. The highest BCUT2D eigenvalue weighted by molar-refractivity contribution is 6.31. The first-order valence-corrected chi connectivity index (χ1v) is 6.12. The van der Waals surface area contributed by atoms with E-state index in [1.807, 2.05) is 0 Å². The maximum absolute atomic E-state index is 12.8. The molecule has 21 heavy (non-hydrogen) atoms. The van der Waals surface area contributed by atoms with Crippen molar-refractivity contribution in [3.8, 4) is 17.2 Å². The normalized spacial score (nSPS) is 11.2. The maximum atomic E-state index is 12.8. The first-order chi connectivity index (χ1) is 9.72. The highest BCUT2D eigenvalue weighted by Gasteiger charge is 2.31. The monoisotopic (exact) mass is 312 g/mol. The van der Waals surface area contributed by atoms with Gasteiger partial charge in [0.05, 0.1) is 5.56 Å². The summed E-state index contributed by atoms with van der Waals surface area (Å²) in [4.78, 5) is 14.1. The summed E-state index contributed by atoms with van der Waals surface area (Å²) in [5.74, 6) is 0. The SMILES string of the molecule is Cc1cc(-c2cc(Cl)cc(C(F)(F)F)c2)c(C#N)c(=O)[nH]1. The summed E-state index contributed by atoms with van der Waals surface area (Å²) in [6.07, 6.45) is -4.57. The van der Waals surface area contributed by atoms with E-state index in [1.165, 1.54) is 12.1 Å². The molecule has 1 aromatic carbocycles. The third-order valence-corrected chi connectivity index (χ3v) is 3.03. The summed E-state index contributed by atoms with van der Waals surface area (Å²) in [7, 11) is 0. The number of halogens is 4. The molecule has 0 aliphatic heterocycles. The number of pyridine rings is 1. The second-order valence-electron chi connectivity index (χ2n) is 4.41. The Bertz CT molecular complexity index is 803. The van der Waals surface area contributed by atoms with Crippen molar-refractivity contribution in [1.29, 1.82) is 5.26 Å². The van der Waals surface area contributed by atoms with E-state index in [-0.39, 0.29) is 21.7 Å². The van der Waals surface area contributed by atoms with Gasteiger partial charge in [-0.15, -0.1) is 0 Å². The quantitative estimate of drug-likeness (QED) is 0.868. The Morgan fingerprint density at radius 3 is 2.48 bits per heavy atom. The zero-order valence-electron chi connectivity index (χ0n) is 10.7. The minimum atomic E-state index is -4.57. The molecule has 1 aromatic heterocycles. The number of hydrogen-bond acceptors (Lipinski definition) is 2. The molecule has 108 valence electrons. The van der Waals surface area contributed by atoms with Crippen LogP contribution in [0.4, 0.5) is 13.2 Å². The van der Waals surface area contributed by atoms with E-state index in [0.29, 0.717) is 5.69 Å². The van der Waals surface area contributed by atoms with Crippen LogP contribution in [0.2, 0.25) is 5.02 Å². The maximum Gasteiger partial charge on any atom is 0.416 e. The van der Waals surface area contributed by atoms with Gasteiger partial charge < -0.3 is 4.98 Å². The van der Waals surface area contributed by atoms with E-state index in [4.69, 9.17) is 16.9 Å². The molecule has 0 saturated heterocycles. The van der Waals surface area contributed by atoms with Gasteiger partial charge in [0.25, 0.3) is 5.56 Å². The lowest BCUT2D eigenvalue weighted by Crippen LogP contribution is -2.13. The van der Waals surface area contributed by atoms with Crippen LogP contribution < -0.4 is 5.56 Å². The predicted molar refractivity (Wildman–Crippen MR) is 72.0 cm³/mol. The van der Waals surface area contributed by atoms with Crippen LogP contribution in [0.25, 0.3) is 11.1 Å². The zero-order chi connectivity index (χ0) is 15.8. The largest absolute Gasteiger partial charge is 0.416 e. The van der Waals surface area contributed by atoms with E-state index in [2.05, 4.69) is 4.98 Å². The zero-order valence-corrected chi connectivity index (χ0v) is 11.4. The second-order valence-corrected chi connectivity index (χ2v) is 4.84. The van der Waals surface area contributed by atoms with Crippen LogP contribution in [0.15, 0.2) is 29.1 Å². The van der Waals surface area contributed by atoms with Crippen molar-refractivity contribution in [3.05, 3.63) is 56.5 Å². The Morgan fingerprint density at radius 2 is 1.90 bits per heavy atom. The predicted octanol–water partition coefficient (Wildman–Crippen LogP) is 3.89. The molecule has 0 atom stereocenters. The van der Waals surface area contributed by atoms with Gasteiger partial charge in [-0.25, -0.2) is 0 Å². The highest BCUT2D eigenvalue weighted by atomic mass is 35.5. The topological polar surface area (TPSA) is 56.6 Å². The summed E-state index contributed by atoms with van der Waals surface area (Å²) in [5, 5.41) is 8.90. The average molecular weight is 313 g/mol. The molecule has 0 spiro atoms. The first-order valence-electron chi connectivity index (χ1n) is 5.74. The number of H-pyrrole nitrogens is 1. The van der Waals surface area contributed by atoms with Crippen molar-refractivity contribution in [2.75, 3.05) is 0 Å². The molecule has 7 heteroatoms. The van der Waals surface area contributed by atoms with Gasteiger partial charge >= 0.3 is 6.18 Å². The van der Waals surface area contributed by atoms with E-state index in [1.54, 1.807) is 13.0 Å². The molecular formula is C14H8ClF3N2O. The third kappa shape index (κ3) is 3.09. The molecule has 0 aliphatic rings. The van der Waals surface area contributed by atoms with E-state index in [0.717, 1.165) is 12.1 Å². The smallest absolute Gasteiger partial charge is 0.325 e. The van der Waals surface area contributed by atoms with Gasteiger partial charge in [0.2, 0.25) is 0 Å². The lowest BCUT2D eigenvalue weighted by Gasteiger charge is -2.11. The summed E-state index contributed by atoms with van der Waals surface area (Å²) >= 11 is 5.71. The van der Waals surface area contributed by atoms with Crippen LogP contribution in [0, 0.1) is 18.3 Å². The van der Waals surface area contributed by atoms with Gasteiger partial charge in [0, 0.05) is 16.3 Å². The second kappa shape index (κ2) is 5.26. The number of rotatable bonds is 1. The molecule has 0 unspecified atom stereocenters. The van der Waals surface area contributed by atoms with Gasteiger partial charge in [-0.05, 0) is 36.8 Å². The Kier molecular flexibility index (Phi) is 3.79. The average Bonchev–Trinajstić information content (AvgIpc) is 2.36. The van der Waals surface area contributed by atoms with Crippen molar-refractivity contribution in [3.63, 3.8) is 0 Å². The molecule has 1 heterocycles. The van der Waals surface area contributed by atoms with Crippen molar-refractivity contribution in [1.82, 2.24) is 4.98 Å². The van der Waals surface area contributed by atoms with Crippen LogP contribution in [-0.4, -0.2) is 4.98 Å². The molecule has 0 radical (unpaired) electrons. The van der Waals surface area contributed by atoms with Crippen molar-refractivity contribution >= 4 is 11.6 Å². The fraction of sp³-hybridized carbons (Fsp3) is 0.143. The molecule has 1 N–H and O–H groups in total. The van der Waals surface area contributed by atoms with Crippen LogP contribution in [-0.2, 0) is 6.18 Å². The minimum Gasteiger partial charge on any atom is -0.325 e. The number of aromatic amines is 1. The Labute approximate surface area is 122 Å². The third-order valence-electron chi connectivity index (χ3n) is 2.82. The highest BCUT2D eigenvalue weighted by Crippen LogP contribution is 2.35. The van der Waals surface area contributed by atoms with E-state index < -0.39 is 17.3 Å². The van der Waals surface area contributed by atoms with Crippen LogP contribution >= 0.6 is 11.6 Å². The van der Waals surface area contributed by atoms with Gasteiger partial charge in [-0.1, -0.05) is 11.6 Å². The molecule has 0 amide bonds. The van der Waals surface area contributed by atoms with Crippen LogP contribution in [0.1, 0.15) is 16.8 Å². The number of hydrogen-bond donors (Lipinski definition) is 1. The number of alkyl halides is 3. The summed E-state index contributed by atoms with van der Waals surface area (Å²) in [5.41, 5.74) is -1.22. The lowest BCUT2D eigenvalue weighted by molar-refractivity contribution is -0.137. The lowest BCUT2D eigenvalue weighted by atomic mass is 9.99. The van der Waals surface area contributed by atoms with Gasteiger partial charge in [0.15, 0.2) is 0 Å². The number of aryl methyl sites for hydroxylation is 1. The molecule has 0 aliphatic carbocycles. The summed E-state index contributed by atoms with van der Waals surface area (Å²) in [6.45, 7) is 1.57. The van der Waals surface area contributed by atoms with Crippen molar-refractivity contribution in [2.45, 2.75) is 13.1 Å². The van der Waals surface area contributed by atoms with Crippen molar-refractivity contribution < 1.29 is 13.2 Å². The molecule has 0 saturated carbocycles. The summed E-state index contributed by atoms with van der Waals surface area (Å²) < 4.78 is 38.4. The standard InChI is InChI=1S/C14H8ClF3N2O/c1-7-2-11(12(6-19)13(21)20-7)8-3-9(14(16,17)18)5-10(15)4-8/h2-5H,1H3,(H,20,21).